The average Bonchev–Trinajstić information content (AvgIpc) is 3.55. The minimum absolute atomic E-state index is 0.180. The van der Waals surface area contributed by atoms with Crippen molar-refractivity contribution in [2.24, 2.45) is 0 Å². The topological polar surface area (TPSA) is 123 Å². The predicted octanol–water partition coefficient (Wildman–Crippen LogP) is 2.91. The lowest BCUT2D eigenvalue weighted by atomic mass is 10.2. The number of benzene rings is 2. The Balaban J connectivity index is 1.27. The molecule has 0 atom stereocenters. The summed E-state index contributed by atoms with van der Waals surface area (Å²) in [4.78, 5) is 17.0. The van der Waals surface area contributed by atoms with Crippen LogP contribution in [-0.2, 0) is 16.4 Å². The lowest BCUT2D eigenvalue weighted by Gasteiger charge is -2.09. The van der Waals surface area contributed by atoms with E-state index in [0.717, 1.165) is 16.6 Å². The van der Waals surface area contributed by atoms with Gasteiger partial charge in [-0.15, -0.1) is 0 Å². The van der Waals surface area contributed by atoms with Crippen LogP contribution in [-0.4, -0.2) is 39.3 Å². The first kappa shape index (κ1) is 20.6. The number of aromatic nitrogens is 5. The van der Waals surface area contributed by atoms with E-state index in [2.05, 4.69) is 25.6 Å². The van der Waals surface area contributed by atoms with Gasteiger partial charge < -0.3 is 5.32 Å². The number of amides is 1. The van der Waals surface area contributed by atoms with Gasteiger partial charge in [0.25, 0.3) is 5.91 Å². The van der Waals surface area contributed by atoms with Crippen LogP contribution in [0.3, 0.4) is 0 Å². The second-order valence-corrected chi connectivity index (χ2v) is 9.26. The molecule has 33 heavy (non-hydrogen) atoms. The first-order valence-corrected chi connectivity index (χ1v) is 11.5. The Hall–Kier alpha value is -4.31. The van der Waals surface area contributed by atoms with Crippen molar-refractivity contribution in [1.82, 2.24) is 30.3 Å². The fourth-order valence-corrected chi connectivity index (χ4v) is 4.63. The number of sulfone groups is 1. The van der Waals surface area contributed by atoms with Gasteiger partial charge in [-0.3, -0.25) is 9.89 Å². The molecule has 0 fully saturated rings. The van der Waals surface area contributed by atoms with Crippen LogP contribution in [0, 0.1) is 0 Å². The molecule has 5 aromatic rings. The highest BCUT2D eigenvalue weighted by atomic mass is 32.2. The monoisotopic (exact) mass is 458 g/mol. The molecule has 10 heteroatoms. The Bertz CT molecular complexity index is 1520. The molecular formula is C23H18N6O3S. The highest BCUT2D eigenvalue weighted by molar-refractivity contribution is 7.91. The van der Waals surface area contributed by atoms with Crippen molar-refractivity contribution in [2.45, 2.75) is 16.3 Å². The molecule has 1 amide bonds. The number of H-pyrrole nitrogens is 1. The molecule has 9 nitrogen and oxygen atoms in total. The number of pyridine rings is 1. The molecule has 0 saturated carbocycles. The lowest BCUT2D eigenvalue weighted by molar-refractivity contribution is 0.0950. The van der Waals surface area contributed by atoms with Crippen LogP contribution < -0.4 is 5.32 Å². The average molecular weight is 459 g/mol. The van der Waals surface area contributed by atoms with E-state index in [4.69, 9.17) is 0 Å². The van der Waals surface area contributed by atoms with Gasteiger partial charge in [-0.25, -0.2) is 18.1 Å². The van der Waals surface area contributed by atoms with Gasteiger partial charge in [0.15, 0.2) is 5.65 Å². The van der Waals surface area contributed by atoms with E-state index in [-0.39, 0.29) is 22.2 Å². The Morgan fingerprint density at radius 3 is 2.42 bits per heavy atom. The third-order valence-corrected chi connectivity index (χ3v) is 6.94. The first-order valence-electron chi connectivity index (χ1n) is 10.0. The standard InChI is InChI=1S/C23H18N6O3S/c30-23(18-12-17-15-26-28-22(17)24-14-18)25-13-16-2-6-20(7-3-16)33(31,32)21-8-4-19(5-9-21)29-11-1-10-27-29/h1-12,14-15H,13H2,(H,25,30)(H,24,26,28). The summed E-state index contributed by atoms with van der Waals surface area (Å²) in [7, 11) is -3.66. The predicted molar refractivity (Wildman–Crippen MR) is 121 cm³/mol. The zero-order valence-electron chi connectivity index (χ0n) is 17.2. The van der Waals surface area contributed by atoms with Crippen LogP contribution >= 0.6 is 0 Å². The van der Waals surface area contributed by atoms with Gasteiger partial charge in [0.1, 0.15) is 0 Å². The van der Waals surface area contributed by atoms with Gasteiger partial charge in [-0.05, 0) is 54.1 Å². The highest BCUT2D eigenvalue weighted by Crippen LogP contribution is 2.22. The quantitative estimate of drug-likeness (QED) is 0.403. The third kappa shape index (κ3) is 4.11. The van der Waals surface area contributed by atoms with Crippen molar-refractivity contribution in [2.75, 3.05) is 0 Å². The van der Waals surface area contributed by atoms with Crippen molar-refractivity contribution >= 4 is 26.8 Å². The summed E-state index contributed by atoms with van der Waals surface area (Å²) in [6, 6.07) is 16.5. The van der Waals surface area contributed by atoms with Crippen molar-refractivity contribution in [3.63, 3.8) is 0 Å². The van der Waals surface area contributed by atoms with E-state index in [1.54, 1.807) is 71.8 Å². The van der Waals surface area contributed by atoms with Gasteiger partial charge in [0, 0.05) is 30.5 Å². The van der Waals surface area contributed by atoms with E-state index in [1.807, 2.05) is 0 Å². The SMILES string of the molecule is O=C(NCc1ccc(S(=O)(=O)c2ccc(-n3cccn3)cc2)cc1)c1cnc2[nH]ncc2c1. The smallest absolute Gasteiger partial charge is 0.253 e. The van der Waals surface area contributed by atoms with Gasteiger partial charge in [0.05, 0.1) is 27.2 Å². The van der Waals surface area contributed by atoms with E-state index in [1.165, 1.54) is 18.3 Å². The number of rotatable bonds is 6. The van der Waals surface area contributed by atoms with Crippen LogP contribution in [0.1, 0.15) is 15.9 Å². The molecule has 0 bridgehead atoms. The minimum atomic E-state index is -3.66. The zero-order chi connectivity index (χ0) is 22.8. The Labute approximate surface area is 189 Å². The summed E-state index contributed by atoms with van der Waals surface area (Å²) >= 11 is 0. The number of hydrogen-bond acceptors (Lipinski definition) is 6. The molecule has 0 radical (unpaired) electrons. The molecule has 2 aromatic carbocycles. The van der Waals surface area contributed by atoms with Crippen LogP contribution in [0.2, 0.25) is 0 Å². The Morgan fingerprint density at radius 2 is 1.73 bits per heavy atom. The van der Waals surface area contributed by atoms with Gasteiger partial charge >= 0.3 is 0 Å². The maximum Gasteiger partial charge on any atom is 0.253 e. The number of carbonyl (C=O) groups is 1. The third-order valence-electron chi connectivity index (χ3n) is 5.16. The molecule has 5 rings (SSSR count). The largest absolute Gasteiger partial charge is 0.348 e. The molecule has 0 spiro atoms. The molecule has 3 heterocycles. The van der Waals surface area contributed by atoms with E-state index >= 15 is 0 Å². The van der Waals surface area contributed by atoms with Crippen LogP contribution in [0.5, 0.6) is 0 Å². The maximum atomic E-state index is 13.0. The number of hydrogen-bond donors (Lipinski definition) is 2. The van der Waals surface area contributed by atoms with Crippen LogP contribution in [0.15, 0.2) is 95.2 Å². The molecular weight excluding hydrogens is 440 g/mol. The van der Waals surface area contributed by atoms with Crippen molar-refractivity contribution in [3.8, 4) is 5.69 Å². The molecule has 3 aromatic heterocycles. The molecule has 0 aliphatic carbocycles. The summed E-state index contributed by atoms with van der Waals surface area (Å²) in [5.41, 5.74) is 2.57. The molecule has 0 unspecified atom stereocenters. The summed E-state index contributed by atoms with van der Waals surface area (Å²) in [6.45, 7) is 0.251. The number of aromatic amines is 1. The molecule has 2 N–H and O–H groups in total. The molecule has 0 aliphatic heterocycles. The highest BCUT2D eigenvalue weighted by Gasteiger charge is 2.18. The fourth-order valence-electron chi connectivity index (χ4n) is 3.37. The summed E-state index contributed by atoms with van der Waals surface area (Å²) in [6.07, 6.45) is 6.52. The second-order valence-electron chi connectivity index (χ2n) is 7.31. The van der Waals surface area contributed by atoms with E-state index < -0.39 is 9.84 Å². The fraction of sp³-hybridized carbons (Fsp3) is 0.0435. The van der Waals surface area contributed by atoms with E-state index in [0.29, 0.717) is 11.2 Å². The second kappa shape index (κ2) is 8.32. The first-order chi connectivity index (χ1) is 16.0. The number of fused-ring (bicyclic) bond motifs is 1. The number of nitrogens with zero attached hydrogens (tertiary/aromatic N) is 4. The molecule has 164 valence electrons. The van der Waals surface area contributed by atoms with Crippen LogP contribution in [0.4, 0.5) is 0 Å². The number of nitrogens with one attached hydrogen (secondary N) is 2. The maximum absolute atomic E-state index is 13.0. The van der Waals surface area contributed by atoms with Crippen LogP contribution in [0.25, 0.3) is 16.7 Å². The minimum Gasteiger partial charge on any atom is -0.348 e. The number of carbonyl (C=O) groups excluding carboxylic acids is 1. The normalized spacial score (nSPS) is 11.5. The zero-order valence-corrected chi connectivity index (χ0v) is 18.0. The van der Waals surface area contributed by atoms with Crippen molar-refractivity contribution in [1.29, 1.82) is 0 Å². The molecule has 0 aliphatic rings. The summed E-state index contributed by atoms with van der Waals surface area (Å²) in [5, 5.41) is 14.3. The van der Waals surface area contributed by atoms with Crippen molar-refractivity contribution < 1.29 is 13.2 Å². The molecule has 0 saturated heterocycles. The Kier molecular flexibility index (Phi) is 5.19. The van der Waals surface area contributed by atoms with Gasteiger partial charge in [-0.2, -0.15) is 10.2 Å². The van der Waals surface area contributed by atoms with E-state index in [9.17, 15) is 13.2 Å². The Morgan fingerprint density at radius 1 is 1.00 bits per heavy atom. The van der Waals surface area contributed by atoms with Gasteiger partial charge in [-0.1, -0.05) is 12.1 Å². The summed E-state index contributed by atoms with van der Waals surface area (Å²) in [5.74, 6) is -0.278. The lowest BCUT2D eigenvalue weighted by Crippen LogP contribution is -2.22. The van der Waals surface area contributed by atoms with Crippen molar-refractivity contribution in [3.05, 3.63) is 96.6 Å². The summed E-state index contributed by atoms with van der Waals surface area (Å²) < 4.78 is 27.6. The van der Waals surface area contributed by atoms with Gasteiger partial charge in [0.2, 0.25) is 9.84 Å².